The van der Waals surface area contributed by atoms with Crippen LogP contribution in [0.5, 0.6) is 5.75 Å². The fourth-order valence-electron chi connectivity index (χ4n) is 5.20. The Hall–Kier alpha value is -2.72. The van der Waals surface area contributed by atoms with E-state index in [-0.39, 0.29) is 23.0 Å². The summed E-state index contributed by atoms with van der Waals surface area (Å²) in [4.78, 5) is 15.4. The van der Waals surface area contributed by atoms with Gasteiger partial charge >= 0.3 is 5.97 Å². The predicted octanol–water partition coefficient (Wildman–Crippen LogP) is 5.17. The van der Waals surface area contributed by atoms with E-state index in [1.807, 2.05) is 4.90 Å². The Bertz CT molecular complexity index is 1110. The van der Waals surface area contributed by atoms with Crippen molar-refractivity contribution in [2.24, 2.45) is 0 Å². The van der Waals surface area contributed by atoms with Crippen molar-refractivity contribution in [3.8, 4) is 5.75 Å². The van der Waals surface area contributed by atoms with Crippen LogP contribution < -0.4 is 4.74 Å². The molecule has 2 heterocycles. The van der Waals surface area contributed by atoms with Crippen molar-refractivity contribution in [2.45, 2.75) is 50.8 Å². The molecule has 0 unspecified atom stereocenters. The van der Waals surface area contributed by atoms with Crippen molar-refractivity contribution in [1.82, 2.24) is 9.80 Å². The lowest BCUT2D eigenvalue weighted by Crippen LogP contribution is -2.53. The molecule has 0 aromatic heterocycles. The third-order valence-electron chi connectivity index (χ3n) is 6.89. The van der Waals surface area contributed by atoms with Crippen molar-refractivity contribution >= 4 is 5.97 Å². The molecule has 1 saturated heterocycles. The van der Waals surface area contributed by atoms with Crippen LogP contribution in [-0.2, 0) is 11.2 Å². The van der Waals surface area contributed by atoms with E-state index in [4.69, 9.17) is 9.47 Å². The van der Waals surface area contributed by atoms with Crippen molar-refractivity contribution < 1.29 is 36.2 Å². The molecule has 0 spiro atoms. The minimum Gasteiger partial charge on any atom is -0.488 e. The van der Waals surface area contributed by atoms with Crippen LogP contribution in [-0.4, -0.2) is 73.8 Å². The third-order valence-corrected chi connectivity index (χ3v) is 6.89. The maximum atomic E-state index is 15.5. The number of carbonyl (C=O) groups is 1. The average Bonchev–Trinajstić information content (AvgIpc) is 2.80. The molecule has 202 valence electrons. The third kappa shape index (κ3) is 6.06. The normalized spacial score (nSPS) is 20.9. The zero-order valence-corrected chi connectivity index (χ0v) is 21.1. The summed E-state index contributed by atoms with van der Waals surface area (Å²) in [6.45, 7) is 3.02. The first-order valence-electron chi connectivity index (χ1n) is 12.3. The van der Waals surface area contributed by atoms with Gasteiger partial charge < -0.3 is 9.47 Å². The summed E-state index contributed by atoms with van der Waals surface area (Å²) in [5, 5.41) is 0. The van der Waals surface area contributed by atoms with Gasteiger partial charge in [-0.1, -0.05) is 6.07 Å². The fourth-order valence-corrected chi connectivity index (χ4v) is 5.20. The number of likely N-dealkylation sites (tertiary alicyclic amines) is 1. The number of benzene rings is 2. The number of hydrogen-bond donors (Lipinski definition) is 0. The Kier molecular flexibility index (Phi) is 8.08. The van der Waals surface area contributed by atoms with Crippen LogP contribution in [0.25, 0.3) is 0 Å². The van der Waals surface area contributed by atoms with Crippen molar-refractivity contribution in [3.05, 3.63) is 64.2 Å². The maximum Gasteiger partial charge on any atom is 0.337 e. The summed E-state index contributed by atoms with van der Waals surface area (Å²) in [5.41, 5.74) is 1.00. The second-order valence-corrected chi connectivity index (χ2v) is 9.95. The number of fused-ring (bicyclic) bond motifs is 1. The number of carbonyl (C=O) groups excluding carboxylic acids is 1. The van der Waals surface area contributed by atoms with Gasteiger partial charge in [-0.2, -0.15) is 0 Å². The number of halogens is 5. The summed E-state index contributed by atoms with van der Waals surface area (Å²) in [6, 6.07) is 5.13. The Balaban J connectivity index is 1.67. The molecular formula is C27H31F5N2O3. The largest absolute Gasteiger partial charge is 0.488 e. The van der Waals surface area contributed by atoms with E-state index in [0.29, 0.717) is 43.6 Å². The summed E-state index contributed by atoms with van der Waals surface area (Å²) < 4.78 is 82.3. The van der Waals surface area contributed by atoms with Gasteiger partial charge in [-0.25, -0.2) is 22.4 Å². The quantitative estimate of drug-likeness (QED) is 0.333. The Labute approximate surface area is 213 Å². The second-order valence-electron chi connectivity index (χ2n) is 9.95. The van der Waals surface area contributed by atoms with Gasteiger partial charge in [0.15, 0.2) is 0 Å². The molecule has 0 bridgehead atoms. The van der Waals surface area contributed by atoms with Crippen LogP contribution >= 0.6 is 0 Å². The standard InChI is InChI=1S/C27H31F5N2O3/c1-16-9-18-10-17(26(35)36-3)5-6-21(18)25(34(16)15-27(2,31)32)24-22(29)11-19(12-23(24)30)37-20-13-33(14-20)8-4-7-28/h5-6,10-12,16,20,25H,4,7-9,13-15H2,1-3H3/t16-,25+/m1/s1. The second kappa shape index (κ2) is 10.9. The smallest absolute Gasteiger partial charge is 0.337 e. The number of esters is 1. The first-order valence-corrected chi connectivity index (χ1v) is 12.3. The fraction of sp³-hybridized carbons (Fsp3) is 0.519. The van der Waals surface area contributed by atoms with Crippen LogP contribution in [0.2, 0.25) is 0 Å². The monoisotopic (exact) mass is 526 g/mol. The Morgan fingerprint density at radius 1 is 1.14 bits per heavy atom. The van der Waals surface area contributed by atoms with E-state index in [1.165, 1.54) is 18.1 Å². The van der Waals surface area contributed by atoms with Gasteiger partial charge in [0.1, 0.15) is 23.5 Å². The number of alkyl halides is 3. The number of ether oxygens (including phenoxy) is 2. The minimum absolute atomic E-state index is 0.00591. The van der Waals surface area contributed by atoms with E-state index in [2.05, 4.69) is 0 Å². The molecule has 0 aliphatic carbocycles. The van der Waals surface area contributed by atoms with Crippen molar-refractivity contribution in [1.29, 1.82) is 0 Å². The number of rotatable bonds is 9. The van der Waals surface area contributed by atoms with Crippen molar-refractivity contribution in [2.75, 3.05) is 40.0 Å². The number of hydrogen-bond acceptors (Lipinski definition) is 5. The molecule has 2 aliphatic rings. The van der Waals surface area contributed by atoms with Gasteiger partial charge in [0.25, 0.3) is 5.92 Å². The first kappa shape index (κ1) is 27.3. The number of methoxy groups -OCH3 is 1. The van der Waals surface area contributed by atoms with E-state index < -0.39 is 48.8 Å². The Morgan fingerprint density at radius 3 is 2.41 bits per heavy atom. The predicted molar refractivity (Wildman–Crippen MR) is 128 cm³/mol. The molecule has 0 saturated carbocycles. The van der Waals surface area contributed by atoms with Gasteiger partial charge in [0.05, 0.1) is 31.9 Å². The van der Waals surface area contributed by atoms with Gasteiger partial charge in [-0.15, -0.1) is 0 Å². The lowest BCUT2D eigenvalue weighted by molar-refractivity contribution is -0.0371. The summed E-state index contributed by atoms with van der Waals surface area (Å²) in [7, 11) is 1.25. The van der Waals surface area contributed by atoms with Crippen LogP contribution in [0.1, 0.15) is 53.4 Å². The molecule has 37 heavy (non-hydrogen) atoms. The van der Waals surface area contributed by atoms with Gasteiger partial charge in [0, 0.05) is 50.3 Å². The average molecular weight is 527 g/mol. The summed E-state index contributed by atoms with van der Waals surface area (Å²) in [6.07, 6.45) is 0.463. The molecule has 2 aliphatic heterocycles. The highest BCUT2D eigenvalue weighted by atomic mass is 19.3. The van der Waals surface area contributed by atoms with Gasteiger partial charge in [0.2, 0.25) is 0 Å². The van der Waals surface area contributed by atoms with E-state index in [1.54, 1.807) is 19.1 Å². The molecule has 0 radical (unpaired) electrons. The molecule has 10 heteroatoms. The molecule has 2 aromatic rings. The molecular weight excluding hydrogens is 495 g/mol. The number of nitrogens with zero attached hydrogens (tertiary/aromatic N) is 2. The topological polar surface area (TPSA) is 42.0 Å². The molecule has 5 nitrogen and oxygen atoms in total. The van der Waals surface area contributed by atoms with Crippen molar-refractivity contribution in [3.63, 3.8) is 0 Å². The van der Waals surface area contributed by atoms with E-state index in [9.17, 15) is 18.0 Å². The van der Waals surface area contributed by atoms with Crippen LogP contribution in [0.4, 0.5) is 22.0 Å². The molecule has 1 fully saturated rings. The van der Waals surface area contributed by atoms with E-state index in [0.717, 1.165) is 19.1 Å². The minimum atomic E-state index is -3.11. The highest BCUT2D eigenvalue weighted by molar-refractivity contribution is 5.89. The molecule has 2 atom stereocenters. The maximum absolute atomic E-state index is 15.5. The molecule has 0 N–H and O–H groups in total. The van der Waals surface area contributed by atoms with Gasteiger partial charge in [-0.05, 0) is 43.0 Å². The lowest BCUT2D eigenvalue weighted by Gasteiger charge is -2.43. The summed E-state index contributed by atoms with van der Waals surface area (Å²) in [5.74, 6) is -5.48. The molecule has 0 amide bonds. The SMILES string of the molecule is COC(=O)c1ccc2c(c1)C[C@@H](C)N(CC(C)(F)F)[C@@H]2c1c(F)cc(OC2CN(CCCF)C2)cc1F. The summed E-state index contributed by atoms with van der Waals surface area (Å²) >= 11 is 0. The molecule has 4 rings (SSSR count). The van der Waals surface area contributed by atoms with Crippen LogP contribution in [0.15, 0.2) is 30.3 Å². The highest BCUT2D eigenvalue weighted by Gasteiger charge is 2.41. The Morgan fingerprint density at radius 2 is 1.81 bits per heavy atom. The highest BCUT2D eigenvalue weighted by Crippen LogP contribution is 2.42. The zero-order valence-electron chi connectivity index (χ0n) is 21.1. The van der Waals surface area contributed by atoms with Gasteiger partial charge in [-0.3, -0.25) is 14.2 Å². The van der Waals surface area contributed by atoms with Crippen LogP contribution in [0, 0.1) is 11.6 Å². The molecule has 2 aromatic carbocycles. The lowest BCUT2D eigenvalue weighted by atomic mass is 9.83. The van der Waals surface area contributed by atoms with E-state index >= 15 is 8.78 Å². The first-order chi connectivity index (χ1) is 17.5. The zero-order chi connectivity index (χ0) is 26.9. The van der Waals surface area contributed by atoms with Crippen LogP contribution in [0.3, 0.4) is 0 Å².